The molecular formula is C20H38BN3O10. The third-order valence-electron chi connectivity index (χ3n) is 3.88. The van der Waals surface area contributed by atoms with E-state index in [-0.39, 0.29) is 51.8 Å². The number of hydrogen-bond acceptors (Lipinski definition) is 11. The zero-order valence-corrected chi connectivity index (χ0v) is 20.2. The topological polar surface area (TPSA) is 162 Å². The van der Waals surface area contributed by atoms with Crippen LogP contribution in [-0.2, 0) is 38.1 Å². The van der Waals surface area contributed by atoms with Gasteiger partial charge in [-0.25, -0.2) is 9.59 Å². The standard InChI is InChI=1S/C20H38BN3O10/c1-2-8-34-20(29)23-4-10-31-13-12-30-9-3-22-18(27)15-32-16-19(28)33-11-6-24(5-7-25)14-17(21)26/h25H,2-16,21H2,1H3,(H,22,27)(H,23,29). The maximum atomic E-state index is 11.7. The third kappa shape index (κ3) is 21.6. The third-order valence-corrected chi connectivity index (χ3v) is 3.88. The summed E-state index contributed by atoms with van der Waals surface area (Å²) in [6.07, 6.45) is 0.297. The molecule has 0 atom stereocenters. The quantitative estimate of drug-likeness (QED) is 0.0820. The van der Waals surface area contributed by atoms with E-state index in [0.29, 0.717) is 46.1 Å². The summed E-state index contributed by atoms with van der Waals surface area (Å²) in [4.78, 5) is 47.3. The van der Waals surface area contributed by atoms with Crippen molar-refractivity contribution in [3.63, 3.8) is 0 Å². The molecule has 0 aromatic heterocycles. The highest BCUT2D eigenvalue weighted by Crippen LogP contribution is 1.90. The maximum absolute atomic E-state index is 11.7. The van der Waals surface area contributed by atoms with Crippen LogP contribution in [0.5, 0.6) is 0 Å². The van der Waals surface area contributed by atoms with Gasteiger partial charge in [0, 0.05) is 32.7 Å². The summed E-state index contributed by atoms with van der Waals surface area (Å²) in [6.45, 7) is 4.25. The highest BCUT2D eigenvalue weighted by molar-refractivity contribution is 6.58. The zero-order chi connectivity index (χ0) is 25.4. The lowest BCUT2D eigenvalue weighted by Gasteiger charge is -2.19. The van der Waals surface area contributed by atoms with Gasteiger partial charge in [-0.2, -0.15) is 0 Å². The van der Waals surface area contributed by atoms with E-state index in [1.165, 1.54) is 7.85 Å². The van der Waals surface area contributed by atoms with Crippen LogP contribution >= 0.6 is 0 Å². The van der Waals surface area contributed by atoms with E-state index in [1.807, 2.05) is 6.92 Å². The van der Waals surface area contributed by atoms with Gasteiger partial charge in [0.2, 0.25) is 5.91 Å². The number of alkyl carbamates (subject to hydrolysis) is 1. The molecule has 0 fully saturated rings. The summed E-state index contributed by atoms with van der Waals surface area (Å²) in [7, 11) is 1.44. The van der Waals surface area contributed by atoms with E-state index < -0.39 is 18.0 Å². The number of esters is 1. The Morgan fingerprint density at radius 1 is 0.824 bits per heavy atom. The van der Waals surface area contributed by atoms with Crippen molar-refractivity contribution in [2.75, 3.05) is 92.2 Å². The van der Waals surface area contributed by atoms with E-state index in [0.717, 1.165) is 6.42 Å². The number of aliphatic hydroxyl groups excluding tert-OH is 1. The van der Waals surface area contributed by atoms with Gasteiger partial charge in [-0.3, -0.25) is 9.69 Å². The minimum atomic E-state index is -0.629. The summed E-state index contributed by atoms with van der Waals surface area (Å²) in [5.41, 5.74) is -0.0523. The highest BCUT2D eigenvalue weighted by atomic mass is 16.6. The van der Waals surface area contributed by atoms with Gasteiger partial charge < -0.3 is 44.2 Å². The molecule has 0 radical (unpaired) electrons. The van der Waals surface area contributed by atoms with Crippen molar-refractivity contribution >= 4 is 31.5 Å². The Morgan fingerprint density at radius 3 is 2.12 bits per heavy atom. The predicted molar refractivity (Wildman–Crippen MR) is 123 cm³/mol. The van der Waals surface area contributed by atoms with E-state index in [4.69, 9.17) is 28.8 Å². The lowest BCUT2D eigenvalue weighted by Crippen LogP contribution is -2.36. The average molecular weight is 491 g/mol. The SMILES string of the molecule is BC(=O)CN(CCO)CCOC(=O)COCC(=O)NCCOCCOCCNC(=O)OCCC. The van der Waals surface area contributed by atoms with Crippen LogP contribution in [0.3, 0.4) is 0 Å². The molecule has 0 aliphatic heterocycles. The number of carbonyl (C=O) groups excluding carboxylic acids is 4. The average Bonchev–Trinajstić information content (AvgIpc) is 2.78. The first-order valence-electron chi connectivity index (χ1n) is 11.3. The predicted octanol–water partition coefficient (Wildman–Crippen LogP) is -2.71. The lowest BCUT2D eigenvalue weighted by molar-refractivity contribution is -0.150. The van der Waals surface area contributed by atoms with Crippen molar-refractivity contribution in [3.8, 4) is 0 Å². The van der Waals surface area contributed by atoms with Crippen LogP contribution in [-0.4, -0.2) is 134 Å². The van der Waals surface area contributed by atoms with E-state index in [2.05, 4.69) is 10.6 Å². The van der Waals surface area contributed by atoms with E-state index in [9.17, 15) is 19.2 Å². The molecule has 2 amide bonds. The molecule has 0 saturated carbocycles. The van der Waals surface area contributed by atoms with Crippen LogP contribution in [0, 0.1) is 0 Å². The second kappa shape index (κ2) is 22.5. The van der Waals surface area contributed by atoms with Crippen molar-refractivity contribution in [1.82, 2.24) is 15.5 Å². The summed E-state index contributed by atoms with van der Waals surface area (Å²) in [6, 6.07) is 0. The van der Waals surface area contributed by atoms with Gasteiger partial charge in [0.25, 0.3) is 0 Å². The Bertz CT molecular complexity index is 583. The van der Waals surface area contributed by atoms with Crippen molar-refractivity contribution < 1.29 is 48.0 Å². The van der Waals surface area contributed by atoms with Crippen LogP contribution in [0.25, 0.3) is 0 Å². The van der Waals surface area contributed by atoms with Crippen LogP contribution in [0.2, 0.25) is 0 Å². The van der Waals surface area contributed by atoms with Gasteiger partial charge in [-0.05, 0) is 6.42 Å². The second-order valence-electron chi connectivity index (χ2n) is 7.05. The number of nitrogens with zero attached hydrogens (tertiary/aromatic N) is 1. The molecule has 0 aliphatic carbocycles. The maximum Gasteiger partial charge on any atom is 0.407 e. The summed E-state index contributed by atoms with van der Waals surface area (Å²) in [5.74, 6) is -1.03. The van der Waals surface area contributed by atoms with Gasteiger partial charge in [-0.1, -0.05) is 6.92 Å². The van der Waals surface area contributed by atoms with Crippen LogP contribution < -0.4 is 10.6 Å². The fraction of sp³-hybridized carbons (Fsp3) is 0.800. The first kappa shape index (κ1) is 31.7. The van der Waals surface area contributed by atoms with Crippen molar-refractivity contribution in [2.45, 2.75) is 13.3 Å². The largest absolute Gasteiger partial charge is 0.463 e. The molecule has 14 heteroatoms. The molecular weight excluding hydrogens is 453 g/mol. The number of nitrogens with one attached hydrogen (secondary N) is 2. The van der Waals surface area contributed by atoms with E-state index >= 15 is 0 Å². The van der Waals surface area contributed by atoms with Crippen molar-refractivity contribution in [3.05, 3.63) is 0 Å². The Hall–Kier alpha value is -2.26. The van der Waals surface area contributed by atoms with Crippen molar-refractivity contribution in [2.24, 2.45) is 0 Å². The molecule has 13 nitrogen and oxygen atoms in total. The Morgan fingerprint density at radius 2 is 1.50 bits per heavy atom. The second-order valence-corrected chi connectivity index (χ2v) is 7.05. The Balaban J connectivity index is 3.54. The molecule has 0 rings (SSSR count). The van der Waals surface area contributed by atoms with Gasteiger partial charge in [0.1, 0.15) is 19.8 Å². The monoisotopic (exact) mass is 491 g/mol. The minimum absolute atomic E-state index is 0.0464. The summed E-state index contributed by atoms with van der Waals surface area (Å²) < 4.78 is 25.4. The summed E-state index contributed by atoms with van der Waals surface area (Å²) in [5, 5.41) is 14.1. The smallest absolute Gasteiger partial charge is 0.407 e. The van der Waals surface area contributed by atoms with E-state index in [1.54, 1.807) is 4.90 Å². The molecule has 0 unspecified atom stereocenters. The zero-order valence-electron chi connectivity index (χ0n) is 20.2. The van der Waals surface area contributed by atoms with Gasteiger partial charge >= 0.3 is 12.1 Å². The normalized spacial score (nSPS) is 10.7. The number of aliphatic hydroxyl groups is 1. The molecule has 3 N–H and O–H groups in total. The molecule has 196 valence electrons. The Kier molecular flexibility index (Phi) is 21.0. The minimum Gasteiger partial charge on any atom is -0.463 e. The fourth-order valence-corrected chi connectivity index (χ4v) is 2.39. The highest BCUT2D eigenvalue weighted by Gasteiger charge is 2.10. The molecule has 0 saturated heterocycles. The molecule has 0 aromatic rings. The summed E-state index contributed by atoms with van der Waals surface area (Å²) >= 11 is 0. The molecule has 34 heavy (non-hydrogen) atoms. The molecule has 0 bridgehead atoms. The van der Waals surface area contributed by atoms with Gasteiger partial charge in [0.15, 0.2) is 7.85 Å². The number of ether oxygens (including phenoxy) is 5. The molecule has 0 heterocycles. The number of amides is 2. The Labute approximate surface area is 201 Å². The fourth-order valence-electron chi connectivity index (χ4n) is 2.39. The van der Waals surface area contributed by atoms with Gasteiger partial charge in [0.05, 0.1) is 45.3 Å². The van der Waals surface area contributed by atoms with Gasteiger partial charge in [-0.15, -0.1) is 0 Å². The number of hydrogen-bond donors (Lipinski definition) is 3. The van der Waals surface area contributed by atoms with Crippen LogP contribution in [0.4, 0.5) is 4.79 Å². The first-order chi connectivity index (χ1) is 16.4. The van der Waals surface area contributed by atoms with Crippen LogP contribution in [0.1, 0.15) is 13.3 Å². The van der Waals surface area contributed by atoms with Crippen molar-refractivity contribution in [1.29, 1.82) is 0 Å². The molecule has 0 aromatic carbocycles. The lowest BCUT2D eigenvalue weighted by atomic mass is 10.0. The number of carbonyl (C=O) groups is 4. The molecule has 0 spiro atoms. The molecule has 0 aliphatic rings. The van der Waals surface area contributed by atoms with Crippen LogP contribution in [0.15, 0.2) is 0 Å². The first-order valence-corrected chi connectivity index (χ1v) is 11.3. The number of rotatable bonds is 22.